The lowest BCUT2D eigenvalue weighted by Gasteiger charge is -2.21. The van der Waals surface area contributed by atoms with Crippen LogP contribution in [0.15, 0.2) is 10.9 Å². The van der Waals surface area contributed by atoms with Gasteiger partial charge in [-0.25, -0.2) is 4.79 Å². The lowest BCUT2D eigenvalue weighted by atomic mass is 10.3. The smallest absolute Gasteiger partial charge is 0.318 e. The predicted molar refractivity (Wildman–Crippen MR) is 82.5 cm³/mol. The summed E-state index contributed by atoms with van der Waals surface area (Å²) in [5, 5.41) is 14.7. The first-order valence-electron chi connectivity index (χ1n) is 7.64. The molecule has 23 heavy (non-hydrogen) atoms. The molecule has 126 valence electrons. The third kappa shape index (κ3) is 4.05. The van der Waals surface area contributed by atoms with Crippen LogP contribution >= 0.6 is 0 Å². The van der Waals surface area contributed by atoms with Crippen molar-refractivity contribution in [2.45, 2.75) is 52.7 Å². The largest absolute Gasteiger partial charge is 0.339 e. The molecule has 0 aliphatic carbocycles. The highest BCUT2D eigenvalue weighted by atomic mass is 16.5. The molecule has 0 saturated heterocycles. The average Bonchev–Trinajstić information content (AvgIpc) is 3.15. The van der Waals surface area contributed by atoms with Crippen molar-refractivity contribution in [3.05, 3.63) is 23.9 Å². The van der Waals surface area contributed by atoms with Crippen molar-refractivity contribution in [1.29, 1.82) is 0 Å². The van der Waals surface area contributed by atoms with Crippen LogP contribution in [0.4, 0.5) is 4.79 Å². The first kappa shape index (κ1) is 16.9. The van der Waals surface area contributed by atoms with Crippen LogP contribution in [0, 0.1) is 0 Å². The summed E-state index contributed by atoms with van der Waals surface area (Å²) in [6.07, 6.45) is 2.34. The zero-order valence-electron chi connectivity index (χ0n) is 14.1. The van der Waals surface area contributed by atoms with E-state index in [2.05, 4.69) is 25.7 Å². The molecule has 2 aromatic heterocycles. The molecule has 9 heteroatoms. The van der Waals surface area contributed by atoms with E-state index < -0.39 is 0 Å². The fourth-order valence-corrected chi connectivity index (χ4v) is 2.10. The van der Waals surface area contributed by atoms with Crippen LogP contribution in [0.3, 0.4) is 0 Å². The Morgan fingerprint density at radius 2 is 2.17 bits per heavy atom. The molecule has 0 aliphatic heterocycles. The van der Waals surface area contributed by atoms with Gasteiger partial charge in [-0.1, -0.05) is 12.1 Å². The van der Waals surface area contributed by atoms with E-state index >= 15 is 0 Å². The third-order valence-electron chi connectivity index (χ3n) is 3.42. The second kappa shape index (κ2) is 7.21. The molecule has 0 fully saturated rings. The van der Waals surface area contributed by atoms with Crippen LogP contribution in [0.2, 0.25) is 0 Å². The van der Waals surface area contributed by atoms with Gasteiger partial charge in [-0.05, 0) is 20.8 Å². The molecule has 0 saturated carbocycles. The molecule has 0 bridgehead atoms. The standard InChI is InChI=1S/C14H23N7O2/c1-6-12-17-11(19-23-12)7-20(5)14(22)16-10(4)13-18-15-8-21(13)9(2)3/h8-10H,6-7H2,1-5H3,(H,16,22)/t10-/m0/s1. The Morgan fingerprint density at radius 3 is 2.78 bits per heavy atom. The monoisotopic (exact) mass is 321 g/mol. The number of rotatable bonds is 6. The zero-order chi connectivity index (χ0) is 17.0. The van der Waals surface area contributed by atoms with Crippen molar-refractivity contribution in [3.8, 4) is 0 Å². The average molecular weight is 321 g/mol. The lowest BCUT2D eigenvalue weighted by molar-refractivity contribution is 0.201. The summed E-state index contributed by atoms with van der Waals surface area (Å²) >= 11 is 0. The van der Waals surface area contributed by atoms with Crippen molar-refractivity contribution in [2.75, 3.05) is 7.05 Å². The Balaban J connectivity index is 1.96. The van der Waals surface area contributed by atoms with Gasteiger partial charge in [0.15, 0.2) is 11.6 Å². The van der Waals surface area contributed by atoms with Gasteiger partial charge in [-0.15, -0.1) is 10.2 Å². The maximum atomic E-state index is 12.3. The quantitative estimate of drug-likeness (QED) is 0.869. The Hall–Kier alpha value is -2.45. The van der Waals surface area contributed by atoms with Crippen LogP contribution in [-0.2, 0) is 13.0 Å². The van der Waals surface area contributed by atoms with Gasteiger partial charge in [-0.3, -0.25) is 0 Å². The van der Waals surface area contributed by atoms with Gasteiger partial charge in [0.2, 0.25) is 5.89 Å². The summed E-state index contributed by atoms with van der Waals surface area (Å²) in [7, 11) is 1.68. The van der Waals surface area contributed by atoms with E-state index in [0.29, 0.717) is 18.1 Å². The highest BCUT2D eigenvalue weighted by Gasteiger charge is 2.20. The predicted octanol–water partition coefficient (Wildman–Crippen LogP) is 1.71. The molecule has 2 heterocycles. The molecule has 2 aromatic rings. The van der Waals surface area contributed by atoms with Crippen LogP contribution in [0.25, 0.3) is 0 Å². The van der Waals surface area contributed by atoms with E-state index in [9.17, 15) is 4.79 Å². The van der Waals surface area contributed by atoms with Gasteiger partial charge in [0.1, 0.15) is 6.33 Å². The van der Waals surface area contributed by atoms with Crippen molar-refractivity contribution >= 4 is 6.03 Å². The van der Waals surface area contributed by atoms with Crippen molar-refractivity contribution < 1.29 is 9.32 Å². The molecule has 0 unspecified atom stereocenters. The highest BCUT2D eigenvalue weighted by molar-refractivity contribution is 5.74. The summed E-state index contributed by atoms with van der Waals surface area (Å²) in [6.45, 7) is 8.15. The van der Waals surface area contributed by atoms with Crippen LogP contribution < -0.4 is 5.32 Å². The first-order chi connectivity index (χ1) is 10.9. The second-order valence-corrected chi connectivity index (χ2v) is 5.68. The maximum Gasteiger partial charge on any atom is 0.318 e. The van der Waals surface area contributed by atoms with Crippen molar-refractivity contribution in [2.24, 2.45) is 0 Å². The number of aryl methyl sites for hydroxylation is 1. The first-order valence-corrected chi connectivity index (χ1v) is 7.64. The SMILES string of the molecule is CCc1nc(CN(C)C(=O)N[C@@H](C)c2nncn2C(C)C)no1. The fraction of sp³-hybridized carbons (Fsp3) is 0.643. The number of nitrogens with one attached hydrogen (secondary N) is 1. The highest BCUT2D eigenvalue weighted by Crippen LogP contribution is 2.14. The van der Waals surface area contributed by atoms with E-state index in [1.807, 2.05) is 32.3 Å². The summed E-state index contributed by atoms with van der Waals surface area (Å²) in [6, 6.07) is -0.270. The molecule has 1 N–H and O–H groups in total. The molecule has 2 rings (SSSR count). The summed E-state index contributed by atoms with van der Waals surface area (Å²) in [5.74, 6) is 1.76. The van der Waals surface area contributed by atoms with Gasteiger partial charge in [0.25, 0.3) is 0 Å². The van der Waals surface area contributed by atoms with E-state index in [1.165, 1.54) is 4.90 Å². The molecule has 0 aliphatic rings. The number of hydrogen-bond acceptors (Lipinski definition) is 6. The van der Waals surface area contributed by atoms with Gasteiger partial charge < -0.3 is 19.3 Å². The summed E-state index contributed by atoms with van der Waals surface area (Å²) < 4.78 is 6.96. The van der Waals surface area contributed by atoms with Gasteiger partial charge in [0, 0.05) is 19.5 Å². The number of carbonyl (C=O) groups excluding carboxylic acids is 1. The van der Waals surface area contributed by atoms with Crippen LogP contribution in [0.1, 0.15) is 57.3 Å². The number of hydrogen-bond donors (Lipinski definition) is 1. The normalized spacial score (nSPS) is 12.4. The van der Waals surface area contributed by atoms with Crippen molar-refractivity contribution in [3.63, 3.8) is 0 Å². The number of aromatic nitrogens is 5. The fourth-order valence-electron chi connectivity index (χ4n) is 2.10. The number of amides is 2. The minimum Gasteiger partial charge on any atom is -0.339 e. The zero-order valence-corrected chi connectivity index (χ0v) is 14.1. The molecule has 0 spiro atoms. The third-order valence-corrected chi connectivity index (χ3v) is 3.42. The van der Waals surface area contributed by atoms with E-state index in [1.54, 1.807) is 13.4 Å². The molecular formula is C14H23N7O2. The Labute approximate surface area is 135 Å². The van der Waals surface area contributed by atoms with Crippen LogP contribution in [0.5, 0.6) is 0 Å². The van der Waals surface area contributed by atoms with E-state index in [0.717, 1.165) is 5.82 Å². The number of urea groups is 1. The Morgan fingerprint density at radius 1 is 1.43 bits per heavy atom. The molecular weight excluding hydrogens is 298 g/mol. The minimum absolute atomic E-state index is 0.226. The molecule has 0 radical (unpaired) electrons. The van der Waals surface area contributed by atoms with Gasteiger partial charge in [0.05, 0.1) is 12.6 Å². The summed E-state index contributed by atoms with van der Waals surface area (Å²) in [5.41, 5.74) is 0. The summed E-state index contributed by atoms with van der Waals surface area (Å²) in [4.78, 5) is 18.0. The topological polar surface area (TPSA) is 102 Å². The van der Waals surface area contributed by atoms with Gasteiger partial charge >= 0.3 is 6.03 Å². The van der Waals surface area contributed by atoms with E-state index in [-0.39, 0.29) is 24.7 Å². The Kier molecular flexibility index (Phi) is 5.30. The molecule has 9 nitrogen and oxygen atoms in total. The maximum absolute atomic E-state index is 12.3. The van der Waals surface area contributed by atoms with E-state index in [4.69, 9.17) is 4.52 Å². The minimum atomic E-state index is -0.258. The second-order valence-electron chi connectivity index (χ2n) is 5.68. The van der Waals surface area contributed by atoms with Gasteiger partial charge in [-0.2, -0.15) is 4.98 Å². The number of nitrogens with zero attached hydrogens (tertiary/aromatic N) is 6. The molecule has 2 amide bonds. The van der Waals surface area contributed by atoms with Crippen LogP contribution in [-0.4, -0.2) is 42.9 Å². The lowest BCUT2D eigenvalue weighted by Crippen LogP contribution is -2.39. The molecule has 0 aromatic carbocycles. The number of carbonyl (C=O) groups is 1. The Bertz CT molecular complexity index is 649. The molecule has 1 atom stereocenters. The van der Waals surface area contributed by atoms with Crippen molar-refractivity contribution in [1.82, 2.24) is 35.1 Å².